The summed E-state index contributed by atoms with van der Waals surface area (Å²) < 4.78 is 5.28. The van der Waals surface area contributed by atoms with Crippen LogP contribution in [0.25, 0.3) is 11.1 Å². The molecule has 2 N–H and O–H groups in total. The Kier molecular flexibility index (Phi) is 5.42. The molecule has 2 heterocycles. The molecule has 29 heavy (non-hydrogen) atoms. The Bertz CT molecular complexity index is 1080. The number of anilines is 1. The lowest BCUT2D eigenvalue weighted by Crippen LogP contribution is -2.40. The zero-order chi connectivity index (χ0) is 21.3. The fraction of sp³-hybridized carbons (Fsp3) is 0.364. The minimum atomic E-state index is -0.349. The number of fused-ring (bicyclic) bond motifs is 1. The predicted molar refractivity (Wildman–Crippen MR) is 112 cm³/mol. The van der Waals surface area contributed by atoms with Crippen molar-refractivity contribution in [2.45, 2.75) is 53.0 Å². The third-order valence-electron chi connectivity index (χ3n) is 4.34. The van der Waals surface area contributed by atoms with E-state index in [-0.39, 0.29) is 23.3 Å². The summed E-state index contributed by atoms with van der Waals surface area (Å²) in [5, 5.41) is 10.3. The lowest BCUT2D eigenvalue weighted by molar-refractivity contribution is 0.0918. The molecule has 0 unspecified atom stereocenters. The number of nitrogens with zero attached hydrogens (tertiary/aromatic N) is 2. The van der Waals surface area contributed by atoms with Crippen LogP contribution < -0.4 is 10.6 Å². The Balaban J connectivity index is 1.92. The number of carbonyl (C=O) groups excluding carboxylic acids is 2. The summed E-state index contributed by atoms with van der Waals surface area (Å²) >= 11 is 0. The first kappa shape index (κ1) is 20.5. The monoisotopic (exact) mass is 394 g/mol. The molecule has 7 nitrogen and oxygen atoms in total. The van der Waals surface area contributed by atoms with E-state index in [1.165, 1.54) is 0 Å². The molecule has 0 fully saturated rings. The molecule has 3 rings (SSSR count). The van der Waals surface area contributed by atoms with Crippen LogP contribution in [0.5, 0.6) is 0 Å². The van der Waals surface area contributed by atoms with Gasteiger partial charge in [-0.25, -0.2) is 4.98 Å². The van der Waals surface area contributed by atoms with Gasteiger partial charge >= 0.3 is 0 Å². The van der Waals surface area contributed by atoms with Crippen molar-refractivity contribution in [3.05, 3.63) is 52.8 Å². The maximum absolute atomic E-state index is 13.1. The summed E-state index contributed by atoms with van der Waals surface area (Å²) in [4.78, 5) is 29.9. The van der Waals surface area contributed by atoms with Crippen molar-refractivity contribution in [3.8, 4) is 0 Å². The highest BCUT2D eigenvalue weighted by molar-refractivity contribution is 6.12. The molecule has 2 aromatic heterocycles. The third-order valence-corrected chi connectivity index (χ3v) is 4.34. The third kappa shape index (κ3) is 4.62. The minimum Gasteiger partial charge on any atom is -0.347 e. The van der Waals surface area contributed by atoms with E-state index < -0.39 is 0 Å². The van der Waals surface area contributed by atoms with Gasteiger partial charge in [0.25, 0.3) is 17.5 Å². The van der Waals surface area contributed by atoms with Gasteiger partial charge in [0.2, 0.25) is 0 Å². The summed E-state index contributed by atoms with van der Waals surface area (Å²) in [5.41, 5.74) is 2.80. The van der Waals surface area contributed by atoms with Crippen LogP contribution in [0.3, 0.4) is 0 Å². The first-order valence-corrected chi connectivity index (χ1v) is 9.56. The van der Waals surface area contributed by atoms with E-state index in [4.69, 9.17) is 4.52 Å². The van der Waals surface area contributed by atoms with Crippen molar-refractivity contribution >= 4 is 28.6 Å². The molecular weight excluding hydrogens is 368 g/mol. The molecule has 3 aromatic rings. The van der Waals surface area contributed by atoms with Crippen molar-refractivity contribution < 1.29 is 14.1 Å². The van der Waals surface area contributed by atoms with Gasteiger partial charge < -0.3 is 15.2 Å². The van der Waals surface area contributed by atoms with E-state index in [1.54, 1.807) is 37.3 Å². The first-order valence-electron chi connectivity index (χ1n) is 9.56. The van der Waals surface area contributed by atoms with Crippen molar-refractivity contribution in [1.82, 2.24) is 15.5 Å². The van der Waals surface area contributed by atoms with Gasteiger partial charge in [0.15, 0.2) is 0 Å². The fourth-order valence-corrected chi connectivity index (χ4v) is 2.94. The van der Waals surface area contributed by atoms with Gasteiger partial charge in [0, 0.05) is 22.5 Å². The number of pyridine rings is 1. The Morgan fingerprint density at radius 2 is 1.83 bits per heavy atom. The van der Waals surface area contributed by atoms with Gasteiger partial charge in [-0.2, -0.15) is 0 Å². The molecule has 0 radical (unpaired) electrons. The fourth-order valence-electron chi connectivity index (χ4n) is 2.94. The van der Waals surface area contributed by atoms with Crippen LogP contribution in [0.4, 0.5) is 5.69 Å². The van der Waals surface area contributed by atoms with Crippen molar-refractivity contribution in [2.24, 2.45) is 0 Å². The van der Waals surface area contributed by atoms with E-state index in [0.717, 1.165) is 5.69 Å². The van der Waals surface area contributed by atoms with Gasteiger partial charge in [0.05, 0.1) is 16.6 Å². The van der Waals surface area contributed by atoms with Crippen molar-refractivity contribution in [3.63, 3.8) is 0 Å². The van der Waals surface area contributed by atoms with Crippen LogP contribution in [-0.4, -0.2) is 27.5 Å². The number of carbonyl (C=O) groups is 2. The number of hydrogen-bond acceptors (Lipinski definition) is 5. The number of benzene rings is 1. The second-order valence-electron chi connectivity index (χ2n) is 8.44. The molecule has 0 atom stereocenters. The Morgan fingerprint density at radius 1 is 1.10 bits per heavy atom. The highest BCUT2D eigenvalue weighted by Gasteiger charge is 2.20. The number of aryl methyl sites for hydroxylation is 1. The topological polar surface area (TPSA) is 97.1 Å². The predicted octanol–water partition coefficient (Wildman–Crippen LogP) is 4.44. The second-order valence-corrected chi connectivity index (χ2v) is 8.44. The van der Waals surface area contributed by atoms with E-state index in [1.807, 2.05) is 34.6 Å². The summed E-state index contributed by atoms with van der Waals surface area (Å²) in [6.07, 6.45) is 0. The van der Waals surface area contributed by atoms with Crippen molar-refractivity contribution in [2.75, 3.05) is 5.32 Å². The molecule has 0 aliphatic heterocycles. The maximum atomic E-state index is 13.1. The zero-order valence-electron chi connectivity index (χ0n) is 17.6. The van der Waals surface area contributed by atoms with Gasteiger partial charge in [0.1, 0.15) is 0 Å². The molecule has 0 spiro atoms. The summed E-state index contributed by atoms with van der Waals surface area (Å²) in [5.74, 6) is -0.378. The quantitative estimate of drug-likeness (QED) is 0.682. The molecule has 0 bridgehead atoms. The van der Waals surface area contributed by atoms with Crippen molar-refractivity contribution in [1.29, 1.82) is 0 Å². The van der Waals surface area contributed by atoms with Gasteiger partial charge in [-0.1, -0.05) is 25.1 Å². The number of rotatable bonds is 4. The van der Waals surface area contributed by atoms with Gasteiger partial charge in [-0.15, -0.1) is 0 Å². The van der Waals surface area contributed by atoms with Crippen LogP contribution in [0.2, 0.25) is 0 Å². The van der Waals surface area contributed by atoms with Gasteiger partial charge in [-0.3, -0.25) is 9.59 Å². The van der Waals surface area contributed by atoms with Crippen LogP contribution >= 0.6 is 0 Å². The van der Waals surface area contributed by atoms with Crippen LogP contribution in [0, 0.1) is 6.92 Å². The molecule has 7 heteroatoms. The molecule has 1 aromatic carbocycles. The number of nitrogens with one attached hydrogen (secondary N) is 2. The summed E-state index contributed by atoms with van der Waals surface area (Å²) in [7, 11) is 0. The molecule has 0 aliphatic carbocycles. The first-order chi connectivity index (χ1) is 13.5. The van der Waals surface area contributed by atoms with E-state index in [2.05, 4.69) is 20.8 Å². The molecule has 0 saturated carbocycles. The normalized spacial score (nSPS) is 11.7. The summed E-state index contributed by atoms with van der Waals surface area (Å²) in [6.45, 7) is 11.5. The van der Waals surface area contributed by atoms with Crippen LogP contribution in [-0.2, 0) is 0 Å². The summed E-state index contributed by atoms with van der Waals surface area (Å²) in [6, 6.07) is 8.61. The average Bonchev–Trinajstić information content (AvgIpc) is 3.01. The largest absolute Gasteiger partial charge is 0.347 e. The van der Waals surface area contributed by atoms with Crippen LogP contribution in [0.1, 0.15) is 72.6 Å². The Labute approximate surface area is 169 Å². The SMILES string of the molecule is Cc1noc2nc(C(C)C)cc(C(=O)Nc3cccc(C(=O)NC(C)(C)C)c3)c12. The molecular formula is C22H26N4O3. The highest BCUT2D eigenvalue weighted by Crippen LogP contribution is 2.26. The van der Waals surface area contributed by atoms with Crippen LogP contribution in [0.15, 0.2) is 34.9 Å². The average molecular weight is 394 g/mol. The molecule has 152 valence electrons. The zero-order valence-corrected chi connectivity index (χ0v) is 17.6. The van der Waals surface area contributed by atoms with E-state index in [9.17, 15) is 9.59 Å². The number of hydrogen-bond donors (Lipinski definition) is 2. The second kappa shape index (κ2) is 7.66. The minimum absolute atomic E-state index is 0.126. The number of aromatic nitrogens is 2. The van der Waals surface area contributed by atoms with E-state index >= 15 is 0 Å². The standard InChI is InChI=1S/C22H26N4O3/c1-12(2)17-11-16(18-13(3)26-29-21(18)24-17)20(28)23-15-9-7-8-14(10-15)19(27)25-22(4,5)6/h7-12H,1-6H3,(H,23,28)(H,25,27). The Morgan fingerprint density at radius 3 is 2.48 bits per heavy atom. The smallest absolute Gasteiger partial charge is 0.259 e. The maximum Gasteiger partial charge on any atom is 0.259 e. The lowest BCUT2D eigenvalue weighted by atomic mass is 10.0. The molecule has 0 saturated heterocycles. The Hall–Kier alpha value is -3.22. The lowest BCUT2D eigenvalue weighted by Gasteiger charge is -2.20. The van der Waals surface area contributed by atoms with E-state index in [0.29, 0.717) is 33.6 Å². The van der Waals surface area contributed by atoms with Gasteiger partial charge in [-0.05, 0) is 57.9 Å². The highest BCUT2D eigenvalue weighted by atomic mass is 16.5. The molecule has 2 amide bonds. The number of amides is 2. The molecule has 0 aliphatic rings.